The maximum Gasteiger partial charge on any atom is 0.0399 e. The summed E-state index contributed by atoms with van der Waals surface area (Å²) < 4.78 is 1.25. The Bertz CT molecular complexity index is 280. The molecule has 3 heteroatoms. The molecule has 1 N–H and O–H groups in total. The Morgan fingerprint density at radius 3 is 2.85 bits per heavy atom. The molecule has 72 valence electrons. The number of nitrogens with one attached hydrogen (secondary N) is 1. The normalized spacial score (nSPS) is 19.8. The average Bonchev–Trinajstić information content (AvgIpc) is 2.43. The fourth-order valence-electron chi connectivity index (χ4n) is 1.62. The average molecular weight is 260 g/mol. The Morgan fingerprint density at radius 1 is 1.62 bits per heavy atom. The molecule has 2 rings (SSSR count). The highest BCUT2D eigenvalue weighted by molar-refractivity contribution is 9.10. The minimum Gasteiger partial charge on any atom is -0.307 e. The van der Waals surface area contributed by atoms with Crippen LogP contribution in [0.4, 0.5) is 0 Å². The second kappa shape index (κ2) is 4.11. The van der Waals surface area contributed by atoms with Crippen LogP contribution in [-0.2, 0) is 0 Å². The van der Waals surface area contributed by atoms with Crippen LogP contribution in [0.25, 0.3) is 0 Å². The zero-order valence-corrected chi connectivity index (χ0v) is 10.1. The molecule has 1 aromatic rings. The number of hydrogen-bond donors (Lipinski definition) is 1. The van der Waals surface area contributed by atoms with Crippen molar-refractivity contribution in [3.63, 3.8) is 0 Å². The molecule has 1 saturated carbocycles. The predicted molar refractivity (Wildman–Crippen MR) is 61.2 cm³/mol. The van der Waals surface area contributed by atoms with E-state index in [2.05, 4.69) is 39.6 Å². The lowest BCUT2D eigenvalue weighted by Gasteiger charge is -2.29. The van der Waals surface area contributed by atoms with Gasteiger partial charge in [-0.05, 0) is 47.1 Å². The van der Waals surface area contributed by atoms with Crippen LogP contribution in [0, 0.1) is 0 Å². The number of halogens is 1. The Labute approximate surface area is 91.7 Å². The molecule has 1 fully saturated rings. The Kier molecular flexibility index (Phi) is 3.06. The molecular weight excluding hydrogens is 246 g/mol. The van der Waals surface area contributed by atoms with Gasteiger partial charge in [0.1, 0.15) is 0 Å². The highest BCUT2D eigenvalue weighted by atomic mass is 79.9. The summed E-state index contributed by atoms with van der Waals surface area (Å²) in [5, 5.41) is 5.78. The van der Waals surface area contributed by atoms with Crippen molar-refractivity contribution >= 4 is 27.3 Å². The lowest BCUT2D eigenvalue weighted by atomic mass is 9.92. The first kappa shape index (κ1) is 9.69. The molecule has 1 heterocycles. The smallest absolute Gasteiger partial charge is 0.0399 e. The maximum absolute atomic E-state index is 3.64. The first-order valence-corrected chi connectivity index (χ1v) is 6.43. The van der Waals surface area contributed by atoms with Crippen LogP contribution in [0.3, 0.4) is 0 Å². The molecule has 0 aromatic carbocycles. The number of thiophene rings is 1. The van der Waals surface area contributed by atoms with Gasteiger partial charge >= 0.3 is 0 Å². The molecule has 1 aromatic heterocycles. The topological polar surface area (TPSA) is 12.0 Å². The summed E-state index contributed by atoms with van der Waals surface area (Å²) in [6.07, 6.45) is 4.11. The molecule has 13 heavy (non-hydrogen) atoms. The van der Waals surface area contributed by atoms with Gasteiger partial charge in [0.15, 0.2) is 0 Å². The molecule has 1 atom stereocenters. The van der Waals surface area contributed by atoms with E-state index in [0.29, 0.717) is 6.04 Å². The summed E-state index contributed by atoms with van der Waals surface area (Å²) in [5.74, 6) is 0. The molecule has 0 bridgehead atoms. The second-order valence-electron chi connectivity index (χ2n) is 3.65. The minimum absolute atomic E-state index is 0.500. The molecule has 0 saturated heterocycles. The van der Waals surface area contributed by atoms with Crippen molar-refractivity contribution in [1.29, 1.82) is 0 Å². The van der Waals surface area contributed by atoms with E-state index in [-0.39, 0.29) is 0 Å². The van der Waals surface area contributed by atoms with E-state index in [1.807, 2.05) is 11.3 Å². The van der Waals surface area contributed by atoms with Crippen molar-refractivity contribution in [2.24, 2.45) is 0 Å². The molecule has 0 radical (unpaired) electrons. The summed E-state index contributed by atoms with van der Waals surface area (Å²) in [6, 6.07) is 3.39. The molecule has 1 aliphatic carbocycles. The van der Waals surface area contributed by atoms with Gasteiger partial charge in [0.25, 0.3) is 0 Å². The summed E-state index contributed by atoms with van der Waals surface area (Å²) >= 11 is 5.39. The Hall–Kier alpha value is 0.140. The Morgan fingerprint density at radius 2 is 2.38 bits per heavy atom. The van der Waals surface area contributed by atoms with Gasteiger partial charge in [-0.15, -0.1) is 11.3 Å². The SMILES string of the molecule is CC(NC1CCC1)c1sccc1Br. The van der Waals surface area contributed by atoms with E-state index < -0.39 is 0 Å². The lowest BCUT2D eigenvalue weighted by Crippen LogP contribution is -2.36. The highest BCUT2D eigenvalue weighted by Gasteiger charge is 2.20. The molecule has 0 amide bonds. The zero-order chi connectivity index (χ0) is 9.26. The largest absolute Gasteiger partial charge is 0.307 e. The van der Waals surface area contributed by atoms with Crippen molar-refractivity contribution < 1.29 is 0 Å². The number of rotatable bonds is 3. The van der Waals surface area contributed by atoms with Gasteiger partial charge in [0.2, 0.25) is 0 Å². The first-order valence-electron chi connectivity index (χ1n) is 4.76. The summed E-state index contributed by atoms with van der Waals surface area (Å²) in [5.41, 5.74) is 0. The van der Waals surface area contributed by atoms with Gasteiger partial charge in [-0.1, -0.05) is 6.42 Å². The summed E-state index contributed by atoms with van der Waals surface area (Å²) in [6.45, 7) is 2.24. The van der Waals surface area contributed by atoms with E-state index in [9.17, 15) is 0 Å². The summed E-state index contributed by atoms with van der Waals surface area (Å²) in [7, 11) is 0. The van der Waals surface area contributed by atoms with Crippen LogP contribution in [0.1, 0.15) is 37.1 Å². The van der Waals surface area contributed by atoms with E-state index in [1.165, 1.54) is 28.6 Å². The zero-order valence-electron chi connectivity index (χ0n) is 7.72. The van der Waals surface area contributed by atoms with Crippen LogP contribution >= 0.6 is 27.3 Å². The quantitative estimate of drug-likeness (QED) is 0.873. The van der Waals surface area contributed by atoms with Gasteiger partial charge in [-0.3, -0.25) is 0 Å². The van der Waals surface area contributed by atoms with E-state index >= 15 is 0 Å². The molecular formula is C10H14BrNS. The van der Waals surface area contributed by atoms with Crippen molar-refractivity contribution in [2.75, 3.05) is 0 Å². The predicted octanol–water partition coefficient (Wildman–Crippen LogP) is 3.71. The van der Waals surface area contributed by atoms with E-state index in [4.69, 9.17) is 0 Å². The fraction of sp³-hybridized carbons (Fsp3) is 0.600. The van der Waals surface area contributed by atoms with Crippen molar-refractivity contribution in [2.45, 2.75) is 38.3 Å². The molecule has 1 unspecified atom stereocenters. The van der Waals surface area contributed by atoms with Crippen LogP contribution in [0.2, 0.25) is 0 Å². The standard InChI is InChI=1S/C10H14BrNS/c1-7(12-8-3-2-4-8)10-9(11)5-6-13-10/h5-8,12H,2-4H2,1H3. The fourth-order valence-corrected chi connectivity index (χ4v) is 3.35. The Balaban J connectivity index is 1.96. The highest BCUT2D eigenvalue weighted by Crippen LogP contribution is 2.30. The summed E-state index contributed by atoms with van der Waals surface area (Å²) in [4.78, 5) is 1.42. The van der Waals surface area contributed by atoms with Gasteiger partial charge in [-0.25, -0.2) is 0 Å². The monoisotopic (exact) mass is 259 g/mol. The number of hydrogen-bond acceptors (Lipinski definition) is 2. The van der Waals surface area contributed by atoms with Crippen LogP contribution in [0.15, 0.2) is 15.9 Å². The van der Waals surface area contributed by atoms with Crippen LogP contribution < -0.4 is 5.32 Å². The third-order valence-corrected chi connectivity index (χ3v) is 4.68. The van der Waals surface area contributed by atoms with Gasteiger partial charge < -0.3 is 5.32 Å². The molecule has 1 aliphatic rings. The van der Waals surface area contributed by atoms with Crippen molar-refractivity contribution in [1.82, 2.24) is 5.32 Å². The van der Waals surface area contributed by atoms with Crippen LogP contribution in [0.5, 0.6) is 0 Å². The van der Waals surface area contributed by atoms with Gasteiger partial charge in [0, 0.05) is 21.4 Å². The van der Waals surface area contributed by atoms with E-state index in [1.54, 1.807) is 0 Å². The third kappa shape index (κ3) is 2.14. The third-order valence-electron chi connectivity index (χ3n) is 2.63. The van der Waals surface area contributed by atoms with Crippen molar-refractivity contribution in [3.05, 3.63) is 20.8 Å². The van der Waals surface area contributed by atoms with Crippen molar-refractivity contribution in [3.8, 4) is 0 Å². The first-order chi connectivity index (χ1) is 6.27. The molecule has 0 aliphatic heterocycles. The van der Waals surface area contributed by atoms with Gasteiger partial charge in [0.05, 0.1) is 0 Å². The minimum atomic E-state index is 0.500. The van der Waals surface area contributed by atoms with E-state index in [0.717, 1.165) is 6.04 Å². The second-order valence-corrected chi connectivity index (χ2v) is 5.45. The molecule has 1 nitrogen and oxygen atoms in total. The maximum atomic E-state index is 3.64. The van der Waals surface area contributed by atoms with Gasteiger partial charge in [-0.2, -0.15) is 0 Å². The van der Waals surface area contributed by atoms with Crippen LogP contribution in [-0.4, -0.2) is 6.04 Å². The lowest BCUT2D eigenvalue weighted by molar-refractivity contribution is 0.314. The molecule has 0 spiro atoms.